The first-order valence-corrected chi connectivity index (χ1v) is 11.9. The molecule has 0 aliphatic carbocycles. The third-order valence-electron chi connectivity index (χ3n) is 5.18. The summed E-state index contributed by atoms with van der Waals surface area (Å²) in [7, 11) is 0. The van der Waals surface area contributed by atoms with Crippen LogP contribution in [-0.4, -0.2) is 30.3 Å². The number of carbonyl (C=O) groups is 2. The van der Waals surface area contributed by atoms with Gasteiger partial charge >= 0.3 is 11.3 Å². The van der Waals surface area contributed by atoms with Crippen LogP contribution >= 0.6 is 23.1 Å². The van der Waals surface area contributed by atoms with Crippen molar-refractivity contribution in [3.63, 3.8) is 0 Å². The molecular weight excluding hydrogens is 504 g/mol. The van der Waals surface area contributed by atoms with Gasteiger partial charge in [-0.15, -0.1) is 0 Å². The molecule has 0 saturated carbocycles. The van der Waals surface area contributed by atoms with Gasteiger partial charge in [0.2, 0.25) is 11.8 Å². The topological polar surface area (TPSA) is 146 Å². The number of ketones is 2. The second kappa shape index (κ2) is 8.52. The summed E-state index contributed by atoms with van der Waals surface area (Å²) in [5.74, 6) is -1.80. The van der Waals surface area contributed by atoms with E-state index in [1.165, 1.54) is 12.1 Å². The summed E-state index contributed by atoms with van der Waals surface area (Å²) in [5.41, 5.74) is -0.547. The second-order valence-corrected chi connectivity index (χ2v) is 9.07. The lowest BCUT2D eigenvalue weighted by atomic mass is 10.1. The van der Waals surface area contributed by atoms with Gasteiger partial charge in [-0.3, -0.25) is 9.59 Å². The highest BCUT2D eigenvalue weighted by molar-refractivity contribution is 7.10. The molecule has 6 aromatic rings. The van der Waals surface area contributed by atoms with Crippen LogP contribution in [0.5, 0.6) is 0 Å². The molecule has 0 atom stereocenters. The zero-order valence-corrected chi connectivity index (χ0v) is 19.5. The lowest BCUT2D eigenvalue weighted by Gasteiger charge is -1.98. The van der Waals surface area contributed by atoms with Gasteiger partial charge in [-0.05, 0) is 59.5 Å². The Morgan fingerprint density at radius 3 is 1.50 bits per heavy atom. The highest BCUT2D eigenvalue weighted by Gasteiger charge is 2.26. The molecule has 0 radical (unpaired) electrons. The van der Waals surface area contributed by atoms with E-state index < -0.39 is 22.8 Å². The molecule has 36 heavy (non-hydrogen) atoms. The van der Waals surface area contributed by atoms with Gasteiger partial charge in [-0.1, -0.05) is 24.3 Å². The average molecular weight is 515 g/mol. The fourth-order valence-corrected chi connectivity index (χ4v) is 4.77. The highest BCUT2D eigenvalue weighted by Crippen LogP contribution is 2.27. The summed E-state index contributed by atoms with van der Waals surface area (Å²) < 4.78 is 18.6. The fourth-order valence-electron chi connectivity index (χ4n) is 3.45. The van der Waals surface area contributed by atoms with Gasteiger partial charge < -0.3 is 8.83 Å². The number of benzene rings is 2. The van der Waals surface area contributed by atoms with E-state index in [4.69, 9.17) is 8.83 Å². The van der Waals surface area contributed by atoms with Crippen molar-refractivity contribution in [2.45, 2.75) is 0 Å². The average Bonchev–Trinajstić information content (AvgIpc) is 3.59. The molecule has 0 fully saturated rings. The molecule has 0 bridgehead atoms. The van der Waals surface area contributed by atoms with Crippen molar-refractivity contribution in [3.05, 3.63) is 92.9 Å². The van der Waals surface area contributed by atoms with E-state index in [1.807, 2.05) is 0 Å². The van der Waals surface area contributed by atoms with Crippen molar-refractivity contribution in [2.24, 2.45) is 0 Å². The minimum Gasteiger partial charge on any atom is -0.402 e. The standard InChI is InChI=1S/C24H10N4O6S2/c29-19(15-9-17(35-27-15)21-25-13-7-3-1-5-11(13)23(31)33-21)20(30)16-10-18(36-28-16)22-26-14-8-4-2-6-12(14)24(32)34-22/h1-10H. The predicted molar refractivity (Wildman–Crippen MR) is 131 cm³/mol. The van der Waals surface area contributed by atoms with E-state index in [1.54, 1.807) is 48.5 Å². The Labute approximate surface area is 207 Å². The molecule has 4 heterocycles. The first kappa shape index (κ1) is 21.8. The molecule has 0 spiro atoms. The normalized spacial score (nSPS) is 11.2. The number of hydrogen-bond acceptors (Lipinski definition) is 12. The minimum atomic E-state index is -0.898. The molecule has 0 saturated heterocycles. The van der Waals surface area contributed by atoms with Gasteiger partial charge in [0, 0.05) is 0 Å². The van der Waals surface area contributed by atoms with Crippen LogP contribution < -0.4 is 11.3 Å². The van der Waals surface area contributed by atoms with Crippen molar-refractivity contribution in [1.82, 2.24) is 18.7 Å². The van der Waals surface area contributed by atoms with Crippen LogP contribution in [-0.2, 0) is 0 Å². The monoisotopic (exact) mass is 514 g/mol. The number of aromatic nitrogens is 4. The molecule has 2 aromatic carbocycles. The number of Topliss-reactive ketones (excluding diaryl/α,β-unsaturated/α-hetero) is 2. The molecule has 0 amide bonds. The zero-order valence-electron chi connectivity index (χ0n) is 17.8. The summed E-state index contributed by atoms with van der Waals surface area (Å²) in [6.45, 7) is 0. The van der Waals surface area contributed by atoms with Crippen molar-refractivity contribution in [3.8, 4) is 21.5 Å². The number of nitrogens with zero attached hydrogens (tertiary/aromatic N) is 4. The molecular formula is C24H10N4O6S2. The number of rotatable bonds is 5. The van der Waals surface area contributed by atoms with Crippen LogP contribution in [0, 0.1) is 0 Å². The summed E-state index contributed by atoms with van der Waals surface area (Å²) in [6, 6.07) is 16.1. The van der Waals surface area contributed by atoms with Gasteiger partial charge in [0.05, 0.1) is 21.8 Å². The van der Waals surface area contributed by atoms with Crippen molar-refractivity contribution >= 4 is 56.4 Å². The van der Waals surface area contributed by atoms with Crippen LogP contribution in [0.25, 0.3) is 43.3 Å². The Morgan fingerprint density at radius 1 is 0.639 bits per heavy atom. The first-order chi connectivity index (χ1) is 17.5. The fraction of sp³-hybridized carbons (Fsp3) is 0. The Balaban J connectivity index is 1.28. The van der Waals surface area contributed by atoms with E-state index in [0.29, 0.717) is 31.6 Å². The molecule has 6 rings (SSSR count). The molecule has 0 unspecified atom stereocenters. The van der Waals surface area contributed by atoms with Gasteiger partial charge in [0.25, 0.3) is 11.6 Å². The zero-order chi connectivity index (χ0) is 24.8. The van der Waals surface area contributed by atoms with E-state index in [-0.39, 0.29) is 23.2 Å². The number of para-hydroxylation sites is 2. The molecule has 10 nitrogen and oxygen atoms in total. The summed E-state index contributed by atoms with van der Waals surface area (Å²) in [6.07, 6.45) is 0. The maximum Gasteiger partial charge on any atom is 0.347 e. The smallest absolute Gasteiger partial charge is 0.347 e. The highest BCUT2D eigenvalue weighted by atomic mass is 32.1. The summed E-state index contributed by atoms with van der Waals surface area (Å²) in [5, 5.41) is 0.654. The lowest BCUT2D eigenvalue weighted by molar-refractivity contribution is 0.0812. The third kappa shape index (κ3) is 3.74. The van der Waals surface area contributed by atoms with E-state index in [2.05, 4.69) is 18.7 Å². The van der Waals surface area contributed by atoms with Crippen molar-refractivity contribution in [1.29, 1.82) is 0 Å². The molecule has 0 aliphatic heterocycles. The van der Waals surface area contributed by atoms with Gasteiger partial charge in [0.1, 0.15) is 21.1 Å². The first-order valence-electron chi connectivity index (χ1n) is 10.3. The van der Waals surface area contributed by atoms with Crippen LogP contribution in [0.15, 0.2) is 79.1 Å². The van der Waals surface area contributed by atoms with E-state index >= 15 is 0 Å². The van der Waals surface area contributed by atoms with Gasteiger partial charge in [-0.2, -0.15) is 8.75 Å². The van der Waals surface area contributed by atoms with E-state index in [0.717, 1.165) is 23.1 Å². The molecule has 4 aromatic heterocycles. The quantitative estimate of drug-likeness (QED) is 0.244. The van der Waals surface area contributed by atoms with Gasteiger partial charge in [0.15, 0.2) is 0 Å². The van der Waals surface area contributed by atoms with Crippen molar-refractivity contribution in [2.75, 3.05) is 0 Å². The summed E-state index contributed by atoms with van der Waals surface area (Å²) >= 11 is 1.74. The maximum absolute atomic E-state index is 12.8. The largest absolute Gasteiger partial charge is 0.402 e. The number of carbonyl (C=O) groups excluding carboxylic acids is 2. The Morgan fingerprint density at radius 2 is 1.06 bits per heavy atom. The molecule has 0 aliphatic rings. The van der Waals surface area contributed by atoms with Crippen LogP contribution in [0.1, 0.15) is 21.0 Å². The Kier molecular flexibility index (Phi) is 5.16. The molecule has 174 valence electrons. The SMILES string of the molecule is O=C(C(=O)c1cc(-c2nc3ccccc3c(=O)o2)sn1)c1cc(-c2nc3ccccc3c(=O)o2)sn1. The van der Waals surface area contributed by atoms with Crippen LogP contribution in [0.2, 0.25) is 0 Å². The Hall–Kier alpha value is -4.68. The number of fused-ring (bicyclic) bond motifs is 2. The van der Waals surface area contributed by atoms with E-state index in [9.17, 15) is 19.2 Å². The Bertz CT molecular complexity index is 1810. The van der Waals surface area contributed by atoms with Gasteiger partial charge in [-0.25, -0.2) is 19.6 Å². The molecule has 12 heteroatoms. The number of hydrogen-bond donors (Lipinski definition) is 0. The summed E-state index contributed by atoms with van der Waals surface area (Å²) in [4.78, 5) is 59.3. The van der Waals surface area contributed by atoms with Crippen molar-refractivity contribution < 1.29 is 18.4 Å². The minimum absolute atomic E-state index is 0.00366. The lowest BCUT2D eigenvalue weighted by Crippen LogP contribution is -2.14. The molecule has 0 N–H and O–H groups in total. The van der Waals surface area contributed by atoms with Crippen LogP contribution in [0.4, 0.5) is 0 Å². The third-order valence-corrected chi connectivity index (χ3v) is 6.74. The second-order valence-electron chi connectivity index (χ2n) is 7.46. The van der Waals surface area contributed by atoms with Crippen LogP contribution in [0.3, 0.4) is 0 Å². The maximum atomic E-state index is 12.8. The predicted octanol–water partition coefficient (Wildman–Crippen LogP) is 4.00.